The molecule has 0 saturated heterocycles. The van der Waals surface area contributed by atoms with Gasteiger partial charge in [0, 0.05) is 13.1 Å². The first-order valence-electron chi connectivity index (χ1n) is 9.93. The van der Waals surface area contributed by atoms with Crippen molar-refractivity contribution in [3.05, 3.63) is 59.4 Å². The Hall–Kier alpha value is -2.93. The van der Waals surface area contributed by atoms with Crippen molar-refractivity contribution in [3.8, 4) is 0 Å². The van der Waals surface area contributed by atoms with Gasteiger partial charge in [-0.2, -0.15) is 0 Å². The third-order valence-electron chi connectivity index (χ3n) is 5.04. The van der Waals surface area contributed by atoms with Crippen molar-refractivity contribution in [2.24, 2.45) is 0 Å². The van der Waals surface area contributed by atoms with E-state index in [0.29, 0.717) is 24.5 Å². The van der Waals surface area contributed by atoms with E-state index in [9.17, 15) is 14.3 Å². The highest BCUT2D eigenvalue weighted by Gasteiger charge is 2.22. The number of amides is 1. The SMILES string of the molecule is CCc1cc(C(CC(=O)N(CC)CCO)Nc2nc3ccccc3[nH]2)ccc1F. The molecule has 0 aliphatic rings. The smallest absolute Gasteiger partial charge is 0.225 e. The predicted molar refractivity (Wildman–Crippen MR) is 112 cm³/mol. The second-order valence-corrected chi connectivity index (χ2v) is 6.91. The van der Waals surface area contributed by atoms with Crippen LogP contribution >= 0.6 is 0 Å². The van der Waals surface area contributed by atoms with Crippen LogP contribution in [0.5, 0.6) is 0 Å². The molecule has 6 nitrogen and oxygen atoms in total. The molecule has 3 rings (SSSR count). The number of nitrogens with one attached hydrogen (secondary N) is 2. The van der Waals surface area contributed by atoms with Gasteiger partial charge < -0.3 is 20.3 Å². The van der Waals surface area contributed by atoms with Crippen molar-refractivity contribution in [3.63, 3.8) is 0 Å². The van der Waals surface area contributed by atoms with Crippen LogP contribution in [-0.4, -0.2) is 45.6 Å². The molecule has 1 heterocycles. The summed E-state index contributed by atoms with van der Waals surface area (Å²) in [6.07, 6.45) is 0.732. The summed E-state index contributed by atoms with van der Waals surface area (Å²) in [4.78, 5) is 22.2. The first-order valence-corrected chi connectivity index (χ1v) is 9.93. The van der Waals surface area contributed by atoms with Crippen molar-refractivity contribution in [1.29, 1.82) is 0 Å². The molecule has 3 aromatic rings. The number of fused-ring (bicyclic) bond motifs is 1. The summed E-state index contributed by atoms with van der Waals surface area (Å²) in [6.45, 7) is 4.49. The Bertz CT molecular complexity index is 939. The molecular weight excluding hydrogens is 371 g/mol. The Morgan fingerprint density at radius 2 is 2.07 bits per heavy atom. The summed E-state index contributed by atoms with van der Waals surface area (Å²) in [5.41, 5.74) is 3.14. The number of rotatable bonds is 9. The predicted octanol–water partition coefficient (Wildman–Crippen LogP) is 3.65. The van der Waals surface area contributed by atoms with Crippen LogP contribution in [0.2, 0.25) is 0 Å². The molecule has 154 valence electrons. The minimum Gasteiger partial charge on any atom is -0.395 e. The molecule has 2 aromatic carbocycles. The number of anilines is 1. The van der Waals surface area contributed by atoms with E-state index in [1.54, 1.807) is 17.0 Å². The van der Waals surface area contributed by atoms with Gasteiger partial charge >= 0.3 is 0 Å². The Labute approximate surface area is 169 Å². The molecule has 1 amide bonds. The number of carbonyl (C=O) groups excluding carboxylic acids is 1. The number of likely N-dealkylation sites (N-methyl/N-ethyl adjacent to an activating group) is 1. The normalized spacial score (nSPS) is 12.1. The second kappa shape index (κ2) is 9.52. The summed E-state index contributed by atoms with van der Waals surface area (Å²) in [5, 5.41) is 12.5. The number of carbonyl (C=O) groups is 1. The highest BCUT2D eigenvalue weighted by atomic mass is 19.1. The van der Waals surface area contributed by atoms with Gasteiger partial charge in [-0.3, -0.25) is 4.79 Å². The van der Waals surface area contributed by atoms with Crippen molar-refractivity contribution in [2.75, 3.05) is 25.0 Å². The lowest BCUT2D eigenvalue weighted by molar-refractivity contribution is -0.131. The molecule has 0 saturated carbocycles. The van der Waals surface area contributed by atoms with Crippen molar-refractivity contribution in [1.82, 2.24) is 14.9 Å². The second-order valence-electron chi connectivity index (χ2n) is 6.91. The Morgan fingerprint density at radius 1 is 1.28 bits per heavy atom. The van der Waals surface area contributed by atoms with Gasteiger partial charge in [0.05, 0.1) is 30.1 Å². The van der Waals surface area contributed by atoms with Crippen molar-refractivity contribution >= 4 is 22.9 Å². The van der Waals surface area contributed by atoms with E-state index in [0.717, 1.165) is 16.6 Å². The van der Waals surface area contributed by atoms with Gasteiger partial charge in [0.25, 0.3) is 0 Å². The fourth-order valence-electron chi connectivity index (χ4n) is 3.40. The van der Waals surface area contributed by atoms with Crippen LogP contribution in [0.25, 0.3) is 11.0 Å². The van der Waals surface area contributed by atoms with Crippen LogP contribution < -0.4 is 5.32 Å². The fraction of sp³-hybridized carbons (Fsp3) is 0.364. The molecule has 0 aliphatic carbocycles. The summed E-state index contributed by atoms with van der Waals surface area (Å²) in [7, 11) is 0. The number of hydrogen-bond acceptors (Lipinski definition) is 4. The van der Waals surface area contributed by atoms with Gasteiger partial charge in [0.1, 0.15) is 5.82 Å². The van der Waals surface area contributed by atoms with Crippen LogP contribution in [0.1, 0.15) is 37.4 Å². The van der Waals surface area contributed by atoms with E-state index in [-0.39, 0.29) is 37.3 Å². The zero-order chi connectivity index (χ0) is 20.8. The number of benzene rings is 2. The van der Waals surface area contributed by atoms with Crippen molar-refractivity contribution in [2.45, 2.75) is 32.7 Å². The third-order valence-corrected chi connectivity index (χ3v) is 5.04. The summed E-state index contributed by atoms with van der Waals surface area (Å²) >= 11 is 0. The molecular formula is C22H27FN4O2. The molecule has 1 unspecified atom stereocenters. The molecule has 1 atom stereocenters. The highest BCUT2D eigenvalue weighted by Crippen LogP contribution is 2.26. The summed E-state index contributed by atoms with van der Waals surface area (Å²) < 4.78 is 14.0. The van der Waals surface area contributed by atoms with Crippen molar-refractivity contribution < 1.29 is 14.3 Å². The first kappa shape index (κ1) is 20.8. The molecule has 7 heteroatoms. The number of aliphatic hydroxyl groups is 1. The van der Waals surface area contributed by atoms with Crippen LogP contribution in [-0.2, 0) is 11.2 Å². The molecule has 0 radical (unpaired) electrons. The lowest BCUT2D eigenvalue weighted by Gasteiger charge is -2.24. The number of aliphatic hydroxyl groups excluding tert-OH is 1. The summed E-state index contributed by atoms with van der Waals surface area (Å²) in [6, 6.07) is 12.2. The third kappa shape index (κ3) is 4.92. The molecule has 1 aromatic heterocycles. The lowest BCUT2D eigenvalue weighted by atomic mass is 9.99. The monoisotopic (exact) mass is 398 g/mol. The highest BCUT2D eigenvalue weighted by molar-refractivity contribution is 5.79. The number of halogens is 1. The van der Waals surface area contributed by atoms with Gasteiger partial charge in [0.15, 0.2) is 0 Å². The van der Waals surface area contributed by atoms with Crippen LogP contribution in [0.15, 0.2) is 42.5 Å². The average Bonchev–Trinajstić information content (AvgIpc) is 3.14. The van der Waals surface area contributed by atoms with Crippen LogP contribution in [0.4, 0.5) is 10.3 Å². The number of H-pyrrole nitrogens is 1. The number of hydrogen-bond donors (Lipinski definition) is 3. The molecule has 0 bridgehead atoms. The van der Waals surface area contributed by atoms with E-state index in [1.807, 2.05) is 38.1 Å². The van der Waals surface area contributed by atoms with Gasteiger partial charge in [0.2, 0.25) is 11.9 Å². The maximum Gasteiger partial charge on any atom is 0.225 e. The maximum absolute atomic E-state index is 14.0. The fourth-order valence-corrected chi connectivity index (χ4v) is 3.40. The number of aryl methyl sites for hydroxylation is 1. The van der Waals surface area contributed by atoms with Gasteiger partial charge in [-0.1, -0.05) is 31.2 Å². The average molecular weight is 398 g/mol. The van der Waals surface area contributed by atoms with E-state index in [4.69, 9.17) is 0 Å². The first-order chi connectivity index (χ1) is 14.0. The van der Waals surface area contributed by atoms with Gasteiger partial charge in [-0.15, -0.1) is 0 Å². The number of nitrogens with zero attached hydrogens (tertiary/aromatic N) is 2. The number of imidazole rings is 1. The molecule has 3 N–H and O–H groups in total. The number of para-hydroxylation sites is 2. The Kier molecular flexibility index (Phi) is 6.82. The Balaban J connectivity index is 1.90. The summed E-state index contributed by atoms with van der Waals surface area (Å²) in [5.74, 6) is 0.217. The van der Waals surface area contributed by atoms with E-state index in [2.05, 4.69) is 15.3 Å². The van der Waals surface area contributed by atoms with Crippen LogP contribution in [0.3, 0.4) is 0 Å². The van der Waals surface area contributed by atoms with Crippen LogP contribution in [0, 0.1) is 5.82 Å². The molecule has 29 heavy (non-hydrogen) atoms. The number of aromatic nitrogens is 2. The van der Waals surface area contributed by atoms with E-state index < -0.39 is 0 Å². The lowest BCUT2D eigenvalue weighted by Crippen LogP contribution is -2.35. The topological polar surface area (TPSA) is 81.2 Å². The molecule has 0 fully saturated rings. The van der Waals surface area contributed by atoms with E-state index in [1.165, 1.54) is 6.07 Å². The zero-order valence-corrected chi connectivity index (χ0v) is 16.8. The minimum absolute atomic E-state index is 0.0855. The number of aromatic amines is 1. The maximum atomic E-state index is 14.0. The molecule has 0 spiro atoms. The quantitative estimate of drug-likeness (QED) is 0.514. The minimum atomic E-state index is -0.387. The molecule has 0 aliphatic heterocycles. The zero-order valence-electron chi connectivity index (χ0n) is 16.8. The Morgan fingerprint density at radius 3 is 2.76 bits per heavy atom. The van der Waals surface area contributed by atoms with Gasteiger partial charge in [-0.25, -0.2) is 9.37 Å². The van der Waals surface area contributed by atoms with E-state index >= 15 is 0 Å². The largest absolute Gasteiger partial charge is 0.395 e. The van der Waals surface area contributed by atoms with Gasteiger partial charge in [-0.05, 0) is 42.7 Å². The standard InChI is InChI=1S/C22H27FN4O2/c1-3-15-13-16(9-10-17(15)23)20(14-21(29)27(4-2)11-12-28)26-22-24-18-7-5-6-8-19(18)25-22/h5-10,13,20,28H,3-4,11-12,14H2,1-2H3,(H2,24,25,26).